The van der Waals surface area contributed by atoms with Crippen LogP contribution in [0.1, 0.15) is 35.2 Å². The van der Waals surface area contributed by atoms with Crippen LogP contribution >= 0.6 is 0 Å². The fourth-order valence-electron chi connectivity index (χ4n) is 5.18. The summed E-state index contributed by atoms with van der Waals surface area (Å²) in [4.78, 5) is 27.5. The number of amides is 1. The zero-order chi connectivity index (χ0) is 23.8. The molecule has 2 fully saturated rings. The Labute approximate surface area is 195 Å². The van der Waals surface area contributed by atoms with Crippen LogP contribution in [0.4, 0.5) is 0 Å². The Balaban J connectivity index is 1.57. The fourth-order valence-corrected chi connectivity index (χ4v) is 6.83. The lowest BCUT2D eigenvalue weighted by Gasteiger charge is -2.39. The number of hydrogen-bond acceptors (Lipinski definition) is 5. The van der Waals surface area contributed by atoms with E-state index in [1.54, 1.807) is 48.3 Å². The summed E-state index contributed by atoms with van der Waals surface area (Å²) in [5, 5.41) is 0. The third kappa shape index (κ3) is 4.54. The van der Waals surface area contributed by atoms with E-state index in [4.69, 9.17) is 4.74 Å². The summed E-state index contributed by atoms with van der Waals surface area (Å²) >= 11 is 0. The number of nitrogens with zero attached hydrogens (tertiary/aromatic N) is 2. The minimum Gasteiger partial charge on any atom is -0.468 e. The highest BCUT2D eigenvalue weighted by Gasteiger charge is 2.49. The van der Waals surface area contributed by atoms with E-state index >= 15 is 0 Å². The number of benzene rings is 2. The van der Waals surface area contributed by atoms with Crippen molar-refractivity contribution in [1.82, 2.24) is 9.21 Å². The molecule has 7 nitrogen and oxygen atoms in total. The van der Waals surface area contributed by atoms with Gasteiger partial charge in [-0.15, -0.1) is 0 Å². The van der Waals surface area contributed by atoms with E-state index in [-0.39, 0.29) is 35.2 Å². The molecule has 0 bridgehead atoms. The first-order valence-electron chi connectivity index (χ1n) is 11.2. The SMILES string of the molecule is COC(=O)[C@@H]1C[C@H]2C[C@H](N(C)C(=O)c3ccccc3)C[C@H]2CN1S(=O)(=O)c1ccc(C)cc1. The highest BCUT2D eigenvalue weighted by Crippen LogP contribution is 2.44. The van der Waals surface area contributed by atoms with Gasteiger partial charge in [0.05, 0.1) is 12.0 Å². The Kier molecular flexibility index (Phi) is 6.59. The molecule has 2 aliphatic rings. The van der Waals surface area contributed by atoms with Gasteiger partial charge >= 0.3 is 5.97 Å². The zero-order valence-corrected chi connectivity index (χ0v) is 20.0. The van der Waals surface area contributed by atoms with Crippen LogP contribution in [0.15, 0.2) is 59.5 Å². The molecule has 1 heterocycles. The number of methoxy groups -OCH3 is 1. The van der Waals surface area contributed by atoms with Crippen molar-refractivity contribution in [3.8, 4) is 0 Å². The first-order chi connectivity index (χ1) is 15.7. The first-order valence-corrected chi connectivity index (χ1v) is 12.6. The van der Waals surface area contributed by atoms with Crippen LogP contribution in [-0.2, 0) is 19.6 Å². The number of rotatable bonds is 5. The van der Waals surface area contributed by atoms with Gasteiger partial charge in [0.2, 0.25) is 10.0 Å². The van der Waals surface area contributed by atoms with Crippen LogP contribution in [0.25, 0.3) is 0 Å². The summed E-state index contributed by atoms with van der Waals surface area (Å²) < 4.78 is 33.3. The van der Waals surface area contributed by atoms with Gasteiger partial charge in [0.1, 0.15) is 6.04 Å². The van der Waals surface area contributed by atoms with E-state index in [9.17, 15) is 18.0 Å². The normalized spacial score (nSPS) is 25.3. The number of fused-ring (bicyclic) bond motifs is 1. The molecule has 2 aromatic rings. The summed E-state index contributed by atoms with van der Waals surface area (Å²) in [7, 11) is -0.779. The maximum absolute atomic E-state index is 13.5. The molecule has 2 aromatic carbocycles. The lowest BCUT2D eigenvalue weighted by Crippen LogP contribution is -2.52. The quantitative estimate of drug-likeness (QED) is 0.627. The molecule has 0 radical (unpaired) electrons. The lowest BCUT2D eigenvalue weighted by atomic mass is 9.86. The van der Waals surface area contributed by atoms with Crippen LogP contribution in [0.3, 0.4) is 0 Å². The maximum atomic E-state index is 13.5. The van der Waals surface area contributed by atoms with E-state index < -0.39 is 22.0 Å². The van der Waals surface area contributed by atoms with Gasteiger partial charge in [-0.2, -0.15) is 4.31 Å². The fraction of sp³-hybridized carbons (Fsp3) is 0.440. The summed E-state index contributed by atoms with van der Waals surface area (Å²) in [6, 6.07) is 14.9. The van der Waals surface area contributed by atoms with Crippen molar-refractivity contribution in [1.29, 1.82) is 0 Å². The second kappa shape index (κ2) is 9.27. The molecule has 0 aromatic heterocycles. The van der Waals surface area contributed by atoms with Crippen LogP contribution in [0.5, 0.6) is 0 Å². The summed E-state index contributed by atoms with van der Waals surface area (Å²) in [6.07, 6.45) is 1.84. The van der Waals surface area contributed by atoms with Crippen LogP contribution in [0.2, 0.25) is 0 Å². The second-order valence-electron chi connectivity index (χ2n) is 9.09. The predicted octanol–water partition coefficient (Wildman–Crippen LogP) is 3.10. The van der Waals surface area contributed by atoms with Gasteiger partial charge in [0, 0.05) is 25.2 Å². The summed E-state index contributed by atoms with van der Waals surface area (Å²) in [6.45, 7) is 2.13. The van der Waals surface area contributed by atoms with Crippen molar-refractivity contribution >= 4 is 21.9 Å². The summed E-state index contributed by atoms with van der Waals surface area (Å²) in [5.74, 6) is -0.369. The highest BCUT2D eigenvalue weighted by atomic mass is 32.2. The van der Waals surface area contributed by atoms with E-state index in [0.717, 1.165) is 12.0 Å². The number of ether oxygens (including phenoxy) is 1. The van der Waals surface area contributed by atoms with Crippen LogP contribution in [-0.4, -0.2) is 62.3 Å². The minimum absolute atomic E-state index is 0.00645. The molecule has 0 unspecified atom stereocenters. The molecule has 0 spiro atoms. The Bertz CT molecular complexity index is 1120. The number of carbonyl (C=O) groups excluding carboxylic acids is 2. The molecular formula is C25H30N2O5S. The van der Waals surface area contributed by atoms with Crippen LogP contribution < -0.4 is 0 Å². The second-order valence-corrected chi connectivity index (χ2v) is 11.0. The van der Waals surface area contributed by atoms with E-state index in [1.165, 1.54) is 11.4 Å². The monoisotopic (exact) mass is 470 g/mol. The molecule has 176 valence electrons. The Morgan fingerprint density at radius 2 is 1.61 bits per heavy atom. The van der Waals surface area contributed by atoms with E-state index in [2.05, 4.69) is 0 Å². The molecule has 8 heteroatoms. The Morgan fingerprint density at radius 1 is 0.970 bits per heavy atom. The van der Waals surface area contributed by atoms with Crippen molar-refractivity contribution in [2.75, 3.05) is 20.7 Å². The third-order valence-electron chi connectivity index (χ3n) is 7.09. The topological polar surface area (TPSA) is 84.0 Å². The van der Waals surface area contributed by atoms with Crippen molar-refractivity contribution in [3.63, 3.8) is 0 Å². The van der Waals surface area contributed by atoms with Gasteiger partial charge in [0.15, 0.2) is 0 Å². The average Bonchev–Trinajstić information content (AvgIpc) is 3.26. The number of sulfonamides is 1. The molecule has 33 heavy (non-hydrogen) atoms. The van der Waals surface area contributed by atoms with E-state index in [1.807, 2.05) is 25.1 Å². The molecular weight excluding hydrogens is 440 g/mol. The van der Waals surface area contributed by atoms with Crippen molar-refractivity contribution < 1.29 is 22.7 Å². The number of aryl methyl sites for hydroxylation is 1. The third-order valence-corrected chi connectivity index (χ3v) is 8.98. The maximum Gasteiger partial charge on any atom is 0.324 e. The molecule has 4 atom stereocenters. The minimum atomic E-state index is -3.87. The highest BCUT2D eigenvalue weighted by molar-refractivity contribution is 7.89. The van der Waals surface area contributed by atoms with Gasteiger partial charge in [-0.3, -0.25) is 9.59 Å². The van der Waals surface area contributed by atoms with Gasteiger partial charge in [0.25, 0.3) is 5.91 Å². The molecule has 0 N–H and O–H groups in total. The smallest absolute Gasteiger partial charge is 0.324 e. The average molecular weight is 471 g/mol. The largest absolute Gasteiger partial charge is 0.468 e. The molecule has 1 amide bonds. The van der Waals surface area contributed by atoms with Gasteiger partial charge in [-0.1, -0.05) is 35.9 Å². The van der Waals surface area contributed by atoms with Gasteiger partial charge < -0.3 is 9.64 Å². The van der Waals surface area contributed by atoms with Gasteiger partial charge in [-0.25, -0.2) is 8.42 Å². The summed E-state index contributed by atoms with van der Waals surface area (Å²) in [5.41, 5.74) is 1.59. The van der Waals surface area contributed by atoms with E-state index in [0.29, 0.717) is 18.4 Å². The molecule has 1 saturated heterocycles. The first kappa shape index (κ1) is 23.4. The van der Waals surface area contributed by atoms with Crippen molar-refractivity contribution in [3.05, 3.63) is 65.7 Å². The number of esters is 1. The number of hydrogen-bond donors (Lipinski definition) is 0. The molecule has 1 aliphatic heterocycles. The molecule has 1 saturated carbocycles. The number of piperidine rings is 1. The standard InChI is InChI=1S/C25H30N2O5S/c1-17-9-11-22(12-10-17)33(30,31)27-16-20-14-21(13-19(20)15-23(27)25(29)32-3)26(2)24(28)18-7-5-4-6-8-18/h4-12,19-21,23H,13-16H2,1-3H3/t19-,20+,21+,23+/m1/s1. The Hall–Kier alpha value is -2.71. The van der Waals surface area contributed by atoms with Crippen molar-refractivity contribution in [2.45, 2.75) is 43.2 Å². The van der Waals surface area contributed by atoms with Gasteiger partial charge in [-0.05, 0) is 62.3 Å². The molecule has 1 aliphatic carbocycles. The number of carbonyl (C=O) groups is 2. The van der Waals surface area contributed by atoms with Crippen molar-refractivity contribution in [2.24, 2.45) is 11.8 Å². The lowest BCUT2D eigenvalue weighted by molar-refractivity contribution is -0.147. The molecule has 4 rings (SSSR count). The zero-order valence-electron chi connectivity index (χ0n) is 19.2. The Morgan fingerprint density at radius 3 is 2.24 bits per heavy atom. The van der Waals surface area contributed by atoms with Crippen LogP contribution in [0, 0.1) is 18.8 Å². The predicted molar refractivity (Wildman–Crippen MR) is 124 cm³/mol.